The first kappa shape index (κ1) is 14.2. The Labute approximate surface area is 107 Å². The summed E-state index contributed by atoms with van der Waals surface area (Å²) < 4.78 is 13.5. The monoisotopic (exact) mass is 256 g/mol. The molecule has 0 aliphatic heterocycles. The van der Waals surface area contributed by atoms with Gasteiger partial charge in [-0.3, -0.25) is 4.18 Å². The predicted molar refractivity (Wildman–Crippen MR) is 74.3 cm³/mol. The fourth-order valence-electron chi connectivity index (χ4n) is 1.20. The summed E-state index contributed by atoms with van der Waals surface area (Å²) in [5.41, 5.74) is 2.12. The van der Waals surface area contributed by atoms with Gasteiger partial charge in [0.2, 0.25) is 0 Å². The van der Waals surface area contributed by atoms with Gasteiger partial charge >= 0.3 is 0 Å². The number of anilines is 2. The molecule has 1 aromatic carbocycles. The number of nitrogens with one attached hydrogen (secondary N) is 2. The lowest BCUT2D eigenvalue weighted by molar-refractivity contribution is 0.158. The van der Waals surface area contributed by atoms with Crippen molar-refractivity contribution in [1.29, 1.82) is 0 Å². The van der Waals surface area contributed by atoms with Crippen molar-refractivity contribution in [2.45, 2.75) is 13.8 Å². The van der Waals surface area contributed by atoms with Gasteiger partial charge < -0.3 is 14.8 Å². The van der Waals surface area contributed by atoms with Crippen LogP contribution in [0.1, 0.15) is 13.8 Å². The molecule has 0 aliphatic rings. The molecule has 0 saturated heterocycles. The van der Waals surface area contributed by atoms with Gasteiger partial charge in [-0.15, -0.1) is 0 Å². The predicted octanol–water partition coefficient (Wildman–Crippen LogP) is 3.15. The molecule has 96 valence electrons. The van der Waals surface area contributed by atoms with E-state index in [0.717, 1.165) is 31.1 Å². The number of benzene rings is 1. The molecule has 0 aliphatic carbocycles. The maximum Gasteiger partial charge on any atom is 0.111 e. The van der Waals surface area contributed by atoms with Crippen LogP contribution in [0.2, 0.25) is 0 Å². The lowest BCUT2D eigenvalue weighted by Crippen LogP contribution is -2.08. The largest absolute Gasteiger partial charge is 0.383 e. The van der Waals surface area contributed by atoms with Gasteiger partial charge in [0.1, 0.15) is 12.2 Å². The van der Waals surface area contributed by atoms with Crippen LogP contribution in [0.5, 0.6) is 0 Å². The van der Waals surface area contributed by atoms with Gasteiger partial charge in [0, 0.05) is 24.5 Å². The molecule has 0 heterocycles. The molecule has 0 fully saturated rings. The van der Waals surface area contributed by atoms with Gasteiger partial charge in [-0.1, -0.05) is 0 Å². The quantitative estimate of drug-likeness (QED) is 0.403. The van der Waals surface area contributed by atoms with Gasteiger partial charge in [0.05, 0.1) is 13.2 Å². The highest BCUT2D eigenvalue weighted by atomic mass is 32.2. The third-order valence-corrected chi connectivity index (χ3v) is 2.67. The summed E-state index contributed by atoms with van der Waals surface area (Å²) in [7, 11) is 0. The van der Waals surface area contributed by atoms with Crippen molar-refractivity contribution >= 4 is 23.6 Å². The highest BCUT2D eigenvalue weighted by Gasteiger charge is 1.94. The molecule has 0 aromatic heterocycles. The van der Waals surface area contributed by atoms with Crippen molar-refractivity contribution in [3.05, 3.63) is 24.3 Å². The molecule has 17 heavy (non-hydrogen) atoms. The number of rotatable bonds is 9. The minimum Gasteiger partial charge on any atom is -0.383 e. The summed E-state index contributed by atoms with van der Waals surface area (Å²) in [4.78, 5) is 0. The summed E-state index contributed by atoms with van der Waals surface area (Å²) in [5.74, 6) is 0. The molecule has 0 saturated carbocycles. The van der Waals surface area contributed by atoms with E-state index in [2.05, 4.69) is 10.0 Å². The van der Waals surface area contributed by atoms with Crippen LogP contribution in [0.25, 0.3) is 0 Å². The molecular formula is C12H20N2O2S. The third-order valence-electron chi connectivity index (χ3n) is 2.00. The Morgan fingerprint density at radius 2 is 1.76 bits per heavy atom. The van der Waals surface area contributed by atoms with Gasteiger partial charge in [0.25, 0.3) is 0 Å². The molecule has 1 aromatic rings. The molecule has 1 rings (SSSR count). The van der Waals surface area contributed by atoms with Crippen molar-refractivity contribution < 1.29 is 8.92 Å². The van der Waals surface area contributed by atoms with Crippen molar-refractivity contribution in [3.8, 4) is 0 Å². The Kier molecular flexibility index (Phi) is 7.62. The van der Waals surface area contributed by atoms with Crippen LogP contribution in [-0.4, -0.2) is 26.4 Å². The fourth-order valence-corrected chi connectivity index (χ4v) is 1.61. The van der Waals surface area contributed by atoms with E-state index in [1.54, 1.807) is 0 Å². The zero-order valence-electron chi connectivity index (χ0n) is 10.4. The maximum atomic E-state index is 5.25. The van der Waals surface area contributed by atoms with Crippen LogP contribution < -0.4 is 10.0 Å². The highest BCUT2D eigenvalue weighted by Crippen LogP contribution is 2.16. The van der Waals surface area contributed by atoms with Gasteiger partial charge in [-0.25, -0.2) is 0 Å². The van der Waals surface area contributed by atoms with E-state index in [1.807, 2.05) is 38.1 Å². The van der Waals surface area contributed by atoms with E-state index in [4.69, 9.17) is 8.92 Å². The van der Waals surface area contributed by atoms with Crippen molar-refractivity contribution in [2.75, 3.05) is 36.4 Å². The number of ether oxygens (including phenoxy) is 1. The van der Waals surface area contributed by atoms with Crippen LogP contribution in [0, 0.1) is 0 Å². The Bertz CT molecular complexity index is 293. The summed E-state index contributed by atoms with van der Waals surface area (Å²) in [6.45, 7) is 6.97. The second kappa shape index (κ2) is 9.15. The molecule has 0 atom stereocenters. The molecule has 0 unspecified atom stereocenters. The molecular weight excluding hydrogens is 236 g/mol. The van der Waals surface area contributed by atoms with Crippen LogP contribution in [-0.2, 0) is 8.92 Å². The van der Waals surface area contributed by atoms with Crippen molar-refractivity contribution in [1.82, 2.24) is 0 Å². The molecule has 0 bridgehead atoms. The number of hydrogen-bond acceptors (Lipinski definition) is 5. The first-order valence-electron chi connectivity index (χ1n) is 5.83. The van der Waals surface area contributed by atoms with Crippen molar-refractivity contribution in [3.63, 3.8) is 0 Å². The summed E-state index contributed by atoms with van der Waals surface area (Å²) >= 11 is 1.25. The molecule has 0 radical (unpaired) electrons. The van der Waals surface area contributed by atoms with Gasteiger partial charge in [-0.2, -0.15) is 0 Å². The average molecular weight is 256 g/mol. The van der Waals surface area contributed by atoms with Gasteiger partial charge in [0.15, 0.2) is 0 Å². The lowest BCUT2D eigenvalue weighted by Gasteiger charge is -2.08. The lowest BCUT2D eigenvalue weighted by atomic mass is 10.3. The second-order valence-electron chi connectivity index (χ2n) is 3.29. The Hall–Kier alpha value is -0.910. The van der Waals surface area contributed by atoms with Crippen LogP contribution in [0.4, 0.5) is 11.4 Å². The third kappa shape index (κ3) is 6.41. The van der Waals surface area contributed by atoms with E-state index in [-0.39, 0.29) is 0 Å². The van der Waals surface area contributed by atoms with Crippen molar-refractivity contribution in [2.24, 2.45) is 0 Å². The minimum absolute atomic E-state index is 0.689. The van der Waals surface area contributed by atoms with Crippen LogP contribution in [0.15, 0.2) is 24.3 Å². The standard InChI is InChI=1S/C12H20N2O2S/c1-3-15-10-9-13-11-5-7-12(8-6-11)14-17-16-4-2/h5-8,13-14H,3-4,9-10H2,1-2H3. The van der Waals surface area contributed by atoms with E-state index in [1.165, 1.54) is 12.2 Å². The van der Waals surface area contributed by atoms with E-state index < -0.39 is 0 Å². The minimum atomic E-state index is 0.689. The smallest absolute Gasteiger partial charge is 0.111 e. The molecule has 5 heteroatoms. The normalized spacial score (nSPS) is 10.2. The highest BCUT2D eigenvalue weighted by molar-refractivity contribution is 7.96. The molecule has 2 N–H and O–H groups in total. The summed E-state index contributed by atoms with van der Waals surface area (Å²) in [6.07, 6.45) is 0. The topological polar surface area (TPSA) is 42.5 Å². The van der Waals surface area contributed by atoms with E-state index in [0.29, 0.717) is 6.61 Å². The molecule has 0 amide bonds. The van der Waals surface area contributed by atoms with Crippen LogP contribution >= 0.6 is 12.2 Å². The van der Waals surface area contributed by atoms with E-state index >= 15 is 0 Å². The SMILES string of the molecule is CCOCCNc1ccc(NSOCC)cc1. The Morgan fingerprint density at radius 1 is 1.06 bits per heavy atom. The Balaban J connectivity index is 2.24. The first-order chi connectivity index (χ1) is 8.36. The second-order valence-corrected chi connectivity index (χ2v) is 3.90. The zero-order valence-corrected chi connectivity index (χ0v) is 11.2. The maximum absolute atomic E-state index is 5.25. The summed E-state index contributed by atoms with van der Waals surface area (Å²) in [5, 5.41) is 3.28. The van der Waals surface area contributed by atoms with Crippen LogP contribution in [0.3, 0.4) is 0 Å². The van der Waals surface area contributed by atoms with E-state index in [9.17, 15) is 0 Å². The molecule has 4 nitrogen and oxygen atoms in total. The Morgan fingerprint density at radius 3 is 2.41 bits per heavy atom. The summed E-state index contributed by atoms with van der Waals surface area (Å²) in [6, 6.07) is 8.08. The fraction of sp³-hybridized carbons (Fsp3) is 0.500. The molecule has 0 spiro atoms. The zero-order chi connectivity index (χ0) is 12.3. The average Bonchev–Trinajstić information content (AvgIpc) is 2.37. The first-order valence-corrected chi connectivity index (χ1v) is 6.57. The number of hydrogen-bond donors (Lipinski definition) is 2. The van der Waals surface area contributed by atoms with Gasteiger partial charge in [-0.05, 0) is 38.1 Å².